The summed E-state index contributed by atoms with van der Waals surface area (Å²) in [4.78, 5) is 0. The van der Waals surface area contributed by atoms with Gasteiger partial charge < -0.3 is 18.1 Å². The van der Waals surface area contributed by atoms with Gasteiger partial charge in [0.25, 0.3) is 0 Å². The molecule has 10 aromatic carbocycles. The third-order valence-corrected chi connectivity index (χ3v) is 13.9. The van der Waals surface area contributed by atoms with Crippen molar-refractivity contribution in [2.75, 3.05) is 0 Å². The summed E-state index contributed by atoms with van der Waals surface area (Å²) in [6.07, 6.45) is 0. The zero-order valence-electron chi connectivity index (χ0n) is 36.4. The van der Waals surface area contributed by atoms with E-state index in [0.29, 0.717) is 22.5 Å². The van der Waals surface area contributed by atoms with Crippen molar-refractivity contribution in [2.24, 2.45) is 0 Å². The predicted octanol–water partition coefficient (Wildman–Crippen LogP) is 16.0. The van der Waals surface area contributed by atoms with Gasteiger partial charge in [-0.25, -0.2) is 0 Å². The van der Waals surface area contributed by atoms with Gasteiger partial charge in [-0.15, -0.1) is 0 Å². The number of fused-ring (bicyclic) bond motifs is 13. The van der Waals surface area contributed by atoms with E-state index in [0.717, 1.165) is 105 Å². The molecule has 14 aromatic rings. The van der Waals surface area contributed by atoms with Crippen LogP contribution < -0.4 is 0 Å². The summed E-state index contributed by atoms with van der Waals surface area (Å²) < 4.78 is 13.4. The molecule has 0 bridgehead atoms. The van der Waals surface area contributed by atoms with Crippen molar-refractivity contribution in [3.63, 3.8) is 0 Å². The van der Waals surface area contributed by atoms with Crippen molar-refractivity contribution in [3.05, 3.63) is 223 Å². The fraction of sp³-hybridized carbons (Fsp3) is 0. The lowest BCUT2D eigenvalue weighted by Gasteiger charge is -2.16. The van der Waals surface area contributed by atoms with E-state index >= 15 is 0 Å². The van der Waals surface area contributed by atoms with Crippen LogP contribution in [0.5, 0.6) is 0 Å². The first kappa shape index (κ1) is 37.7. The molecule has 4 heterocycles. The summed E-state index contributed by atoms with van der Waals surface area (Å²) in [5, 5.41) is 31.0. The zero-order chi connectivity index (χ0) is 45.0. The van der Waals surface area contributed by atoms with Crippen LogP contribution >= 0.6 is 0 Å². The molecule has 68 heavy (non-hydrogen) atoms. The molecule has 0 amide bonds. The van der Waals surface area contributed by atoms with Crippen molar-refractivity contribution in [1.82, 2.24) is 13.7 Å². The Balaban J connectivity index is 1.04. The maximum absolute atomic E-state index is 11.3. The Morgan fingerprint density at radius 2 is 0.809 bits per heavy atom. The predicted molar refractivity (Wildman–Crippen MR) is 277 cm³/mol. The molecule has 0 unspecified atom stereocenters. The smallest absolute Gasteiger partial charge is 0.145 e. The van der Waals surface area contributed by atoms with Gasteiger partial charge in [0, 0.05) is 49.1 Å². The lowest BCUT2D eigenvalue weighted by molar-refractivity contribution is 0.673. The number of benzene rings is 10. The second-order valence-electron chi connectivity index (χ2n) is 17.5. The van der Waals surface area contributed by atoms with E-state index in [9.17, 15) is 10.5 Å². The largest absolute Gasteiger partial charge is 0.455 e. The van der Waals surface area contributed by atoms with E-state index in [-0.39, 0.29) is 0 Å². The molecule has 314 valence electrons. The van der Waals surface area contributed by atoms with Gasteiger partial charge >= 0.3 is 0 Å². The number of hydrogen-bond donors (Lipinski definition) is 0. The van der Waals surface area contributed by atoms with E-state index in [4.69, 9.17) is 4.42 Å². The average molecular weight is 866 g/mol. The zero-order valence-corrected chi connectivity index (χ0v) is 36.4. The van der Waals surface area contributed by atoms with Gasteiger partial charge in [-0.3, -0.25) is 0 Å². The fourth-order valence-corrected chi connectivity index (χ4v) is 10.9. The topological polar surface area (TPSA) is 75.5 Å². The van der Waals surface area contributed by atoms with Crippen LogP contribution in [0.1, 0.15) is 11.1 Å². The van der Waals surface area contributed by atoms with E-state index in [1.807, 2.05) is 42.5 Å². The minimum atomic E-state index is 0.388. The normalized spacial score (nSPS) is 11.8. The number of aromatic nitrogens is 3. The second-order valence-corrected chi connectivity index (χ2v) is 17.5. The summed E-state index contributed by atoms with van der Waals surface area (Å²) in [5.41, 5.74) is 15.0. The summed E-state index contributed by atoms with van der Waals surface area (Å²) in [6, 6.07) is 78.8. The third-order valence-electron chi connectivity index (χ3n) is 13.9. The fourth-order valence-electron chi connectivity index (χ4n) is 10.9. The van der Waals surface area contributed by atoms with E-state index in [1.165, 1.54) is 10.8 Å². The van der Waals surface area contributed by atoms with Crippen molar-refractivity contribution in [2.45, 2.75) is 0 Å². The molecule has 0 aliphatic rings. The van der Waals surface area contributed by atoms with Crippen LogP contribution in [-0.2, 0) is 0 Å². The van der Waals surface area contributed by atoms with Crippen molar-refractivity contribution in [3.8, 4) is 51.5 Å². The Labute approximate surface area is 389 Å². The molecule has 6 heteroatoms. The molecule has 0 N–H and O–H groups in total. The molecular formula is C62H35N5O. The van der Waals surface area contributed by atoms with Crippen molar-refractivity contribution >= 4 is 87.4 Å². The molecule has 0 radical (unpaired) electrons. The quantitative estimate of drug-likeness (QED) is 0.173. The number of para-hydroxylation sites is 3. The first-order valence-corrected chi connectivity index (χ1v) is 22.7. The number of nitriles is 2. The number of furan rings is 1. The summed E-state index contributed by atoms with van der Waals surface area (Å²) >= 11 is 0. The molecule has 0 atom stereocenters. The van der Waals surface area contributed by atoms with Crippen LogP contribution in [0.4, 0.5) is 0 Å². The minimum Gasteiger partial charge on any atom is -0.455 e. The van der Waals surface area contributed by atoms with Gasteiger partial charge in [-0.1, -0.05) is 127 Å². The molecule has 14 rings (SSSR count). The van der Waals surface area contributed by atoms with Crippen molar-refractivity contribution < 1.29 is 4.42 Å². The first-order chi connectivity index (χ1) is 33.6. The van der Waals surface area contributed by atoms with E-state index < -0.39 is 0 Å². The minimum absolute atomic E-state index is 0.388. The van der Waals surface area contributed by atoms with Crippen LogP contribution in [0.3, 0.4) is 0 Å². The molecule has 0 spiro atoms. The van der Waals surface area contributed by atoms with Crippen LogP contribution in [0.25, 0.3) is 127 Å². The standard InChI is InChI=1S/C62H35N5O/c63-36-42-31-45(32-43(37-64)61(42)67-55-27-23-40(38-13-3-1-4-14-38)33-50(55)51-34-41(24-28-56(51)67)39-15-5-2-6-16-39)66-57-29-25-44(65-53-20-10-7-17-46(53)47-18-8-11-21-54(47)65)35-52(57)60-58(66)30-26-49-48-19-9-12-22-59(48)68-62(49)60/h1-35H. The summed E-state index contributed by atoms with van der Waals surface area (Å²) in [7, 11) is 0. The van der Waals surface area contributed by atoms with Gasteiger partial charge in [0.1, 0.15) is 23.3 Å². The first-order valence-electron chi connectivity index (χ1n) is 22.7. The van der Waals surface area contributed by atoms with Crippen LogP contribution in [0, 0.1) is 22.7 Å². The highest BCUT2D eigenvalue weighted by molar-refractivity contribution is 6.24. The van der Waals surface area contributed by atoms with Crippen LogP contribution in [0.2, 0.25) is 0 Å². The molecule has 0 aliphatic heterocycles. The summed E-state index contributed by atoms with van der Waals surface area (Å²) in [5.74, 6) is 0. The van der Waals surface area contributed by atoms with Crippen molar-refractivity contribution in [1.29, 1.82) is 10.5 Å². The molecule has 0 aliphatic carbocycles. The SMILES string of the molecule is N#Cc1cc(-n2c3ccc(-n4c5ccccc5c5ccccc54)cc3c3c4oc5ccccc5c4ccc32)cc(C#N)c1-n1c2ccc(-c3ccccc3)cc2c2cc(-c3ccccc3)ccc21. The molecule has 0 fully saturated rings. The Hall–Kier alpha value is -9.62. The van der Waals surface area contributed by atoms with E-state index in [2.05, 4.69) is 196 Å². The third kappa shape index (κ3) is 5.37. The number of hydrogen-bond acceptors (Lipinski definition) is 3. The van der Waals surface area contributed by atoms with E-state index in [1.54, 1.807) is 0 Å². The van der Waals surface area contributed by atoms with Gasteiger partial charge in [0.05, 0.1) is 55.3 Å². The monoisotopic (exact) mass is 865 g/mol. The highest BCUT2D eigenvalue weighted by atomic mass is 16.3. The average Bonchev–Trinajstić information content (AvgIpc) is 4.14. The maximum Gasteiger partial charge on any atom is 0.145 e. The van der Waals surface area contributed by atoms with Gasteiger partial charge in [0.15, 0.2) is 0 Å². The molecule has 0 saturated heterocycles. The van der Waals surface area contributed by atoms with Gasteiger partial charge in [-0.05, 0) is 107 Å². The Morgan fingerprint density at radius 1 is 0.324 bits per heavy atom. The Morgan fingerprint density at radius 3 is 1.41 bits per heavy atom. The van der Waals surface area contributed by atoms with Crippen LogP contribution in [-0.4, -0.2) is 13.7 Å². The number of rotatable bonds is 5. The lowest BCUT2D eigenvalue weighted by atomic mass is 10.0. The number of nitrogens with zero attached hydrogens (tertiary/aromatic N) is 5. The highest BCUT2D eigenvalue weighted by Gasteiger charge is 2.25. The summed E-state index contributed by atoms with van der Waals surface area (Å²) in [6.45, 7) is 0. The second kappa shape index (κ2) is 14.4. The highest BCUT2D eigenvalue weighted by Crippen LogP contribution is 2.44. The lowest BCUT2D eigenvalue weighted by Crippen LogP contribution is -2.04. The molecule has 0 saturated carbocycles. The van der Waals surface area contributed by atoms with Crippen LogP contribution in [0.15, 0.2) is 217 Å². The Kier molecular flexibility index (Phi) is 8.01. The molecular weight excluding hydrogens is 831 g/mol. The van der Waals surface area contributed by atoms with Gasteiger partial charge in [-0.2, -0.15) is 10.5 Å². The molecule has 4 aromatic heterocycles. The molecule has 6 nitrogen and oxygen atoms in total. The maximum atomic E-state index is 11.3. The Bertz CT molecular complexity index is 4330. The van der Waals surface area contributed by atoms with Gasteiger partial charge in [0.2, 0.25) is 0 Å².